The number of rotatable bonds is 8. The van der Waals surface area contributed by atoms with Crippen molar-refractivity contribution in [2.24, 2.45) is 23.7 Å². The summed E-state index contributed by atoms with van der Waals surface area (Å²) in [5, 5.41) is 0. The van der Waals surface area contributed by atoms with Crippen LogP contribution in [0.3, 0.4) is 0 Å². The van der Waals surface area contributed by atoms with Gasteiger partial charge in [-0.15, -0.1) is 0 Å². The molecular weight excluding hydrogens is 192 g/mol. The molecule has 0 aliphatic heterocycles. The summed E-state index contributed by atoms with van der Waals surface area (Å²) in [5.74, 6) is 3.90. The molecule has 0 aromatic heterocycles. The van der Waals surface area contributed by atoms with Gasteiger partial charge in [0, 0.05) is 0 Å². The van der Waals surface area contributed by atoms with E-state index in [9.17, 15) is 0 Å². The van der Waals surface area contributed by atoms with Gasteiger partial charge in [-0.3, -0.25) is 0 Å². The molecule has 0 spiro atoms. The average Bonchev–Trinajstić information content (AvgIpc) is 2.86. The van der Waals surface area contributed by atoms with Crippen molar-refractivity contribution < 1.29 is 0 Å². The fraction of sp³-hybridized carbons (Fsp3) is 0.875. The Hall–Kier alpha value is -0.260. The predicted molar refractivity (Wildman–Crippen MR) is 73.5 cm³/mol. The van der Waals surface area contributed by atoms with E-state index >= 15 is 0 Å². The van der Waals surface area contributed by atoms with Gasteiger partial charge in [0.05, 0.1) is 0 Å². The molecule has 3 atom stereocenters. The van der Waals surface area contributed by atoms with Crippen molar-refractivity contribution in [3.8, 4) is 0 Å². The van der Waals surface area contributed by atoms with Crippen LogP contribution in [0.25, 0.3) is 0 Å². The topological polar surface area (TPSA) is 0 Å². The zero-order valence-electron chi connectivity index (χ0n) is 11.7. The normalized spacial score (nSPS) is 29.2. The molecule has 94 valence electrons. The minimum absolute atomic E-state index is 0.720. The van der Waals surface area contributed by atoms with Gasteiger partial charge < -0.3 is 0 Å². The third-order valence-electron chi connectivity index (χ3n) is 4.16. The first-order valence-corrected chi connectivity index (χ1v) is 7.33. The molecule has 3 unspecified atom stereocenters. The third kappa shape index (κ3) is 4.72. The van der Waals surface area contributed by atoms with Gasteiger partial charge in [-0.05, 0) is 42.9 Å². The summed E-state index contributed by atoms with van der Waals surface area (Å²) in [6, 6.07) is 0. The van der Waals surface area contributed by atoms with Gasteiger partial charge in [0.25, 0.3) is 0 Å². The van der Waals surface area contributed by atoms with Crippen molar-refractivity contribution in [1.82, 2.24) is 0 Å². The van der Waals surface area contributed by atoms with Gasteiger partial charge in [-0.25, -0.2) is 0 Å². The zero-order chi connectivity index (χ0) is 12.0. The maximum absolute atomic E-state index is 2.43. The molecule has 0 amide bonds. The lowest BCUT2D eigenvalue weighted by atomic mass is 10.1. The molecule has 0 bridgehead atoms. The van der Waals surface area contributed by atoms with Crippen molar-refractivity contribution in [2.75, 3.05) is 0 Å². The van der Waals surface area contributed by atoms with Crippen molar-refractivity contribution in [3.05, 3.63) is 12.2 Å². The van der Waals surface area contributed by atoms with Gasteiger partial charge in [-0.1, -0.05) is 59.1 Å². The highest BCUT2D eigenvalue weighted by atomic mass is 14.5. The molecule has 1 aliphatic carbocycles. The minimum Gasteiger partial charge on any atom is -0.0883 e. The Morgan fingerprint density at radius 2 is 1.81 bits per heavy atom. The van der Waals surface area contributed by atoms with Crippen LogP contribution in [0.1, 0.15) is 66.2 Å². The first kappa shape index (κ1) is 13.8. The second-order valence-electron chi connectivity index (χ2n) is 5.91. The Balaban J connectivity index is 1.89. The summed E-state index contributed by atoms with van der Waals surface area (Å²) in [6.07, 6.45) is 13.2. The number of unbranched alkanes of at least 4 members (excludes halogenated alkanes) is 3. The molecule has 0 heteroatoms. The van der Waals surface area contributed by atoms with Gasteiger partial charge in [-0.2, -0.15) is 0 Å². The Labute approximate surface area is 103 Å². The minimum atomic E-state index is 0.720. The molecule has 0 aromatic carbocycles. The van der Waals surface area contributed by atoms with Gasteiger partial charge >= 0.3 is 0 Å². The molecule has 0 radical (unpaired) electrons. The van der Waals surface area contributed by atoms with Crippen molar-refractivity contribution in [1.29, 1.82) is 0 Å². The predicted octanol–water partition coefficient (Wildman–Crippen LogP) is 5.44. The smallest absolute Gasteiger partial charge is 0.0290 e. The van der Waals surface area contributed by atoms with E-state index < -0.39 is 0 Å². The average molecular weight is 222 g/mol. The molecule has 0 nitrogen and oxygen atoms in total. The van der Waals surface area contributed by atoms with Crippen molar-refractivity contribution in [2.45, 2.75) is 66.2 Å². The molecule has 0 aromatic rings. The van der Waals surface area contributed by atoms with Crippen LogP contribution in [0.4, 0.5) is 0 Å². The SMILES string of the molecule is CCC1C(C)C1CCCCCC=CC(C)C. The maximum Gasteiger partial charge on any atom is -0.0290 e. The van der Waals surface area contributed by atoms with E-state index in [0.717, 1.165) is 23.7 Å². The summed E-state index contributed by atoms with van der Waals surface area (Å²) in [7, 11) is 0. The van der Waals surface area contributed by atoms with Crippen LogP contribution in [0.5, 0.6) is 0 Å². The molecular formula is C16H30. The van der Waals surface area contributed by atoms with Crippen LogP contribution in [0.15, 0.2) is 12.2 Å². The summed E-state index contributed by atoms with van der Waals surface area (Å²) < 4.78 is 0. The first-order valence-electron chi connectivity index (χ1n) is 7.33. The van der Waals surface area contributed by atoms with Crippen LogP contribution < -0.4 is 0 Å². The highest BCUT2D eigenvalue weighted by Crippen LogP contribution is 2.50. The Bertz CT molecular complexity index is 202. The van der Waals surface area contributed by atoms with Crippen LogP contribution in [-0.4, -0.2) is 0 Å². The second kappa shape index (κ2) is 7.14. The molecule has 0 heterocycles. The van der Waals surface area contributed by atoms with Crippen molar-refractivity contribution in [3.63, 3.8) is 0 Å². The number of hydrogen-bond acceptors (Lipinski definition) is 0. The summed E-state index contributed by atoms with van der Waals surface area (Å²) >= 11 is 0. The van der Waals surface area contributed by atoms with Gasteiger partial charge in [0.1, 0.15) is 0 Å². The molecule has 16 heavy (non-hydrogen) atoms. The quantitative estimate of drug-likeness (QED) is 0.379. The summed E-state index contributed by atoms with van der Waals surface area (Å²) in [4.78, 5) is 0. The molecule has 1 fully saturated rings. The molecule has 1 rings (SSSR count). The van der Waals surface area contributed by atoms with E-state index in [4.69, 9.17) is 0 Å². The molecule has 0 N–H and O–H groups in total. The lowest BCUT2D eigenvalue weighted by molar-refractivity contribution is 0.562. The van der Waals surface area contributed by atoms with E-state index in [1.165, 1.54) is 38.5 Å². The van der Waals surface area contributed by atoms with E-state index in [2.05, 4.69) is 39.8 Å². The van der Waals surface area contributed by atoms with E-state index in [-0.39, 0.29) is 0 Å². The Kier molecular flexibility index (Phi) is 6.16. The number of hydrogen-bond donors (Lipinski definition) is 0. The Morgan fingerprint density at radius 3 is 2.38 bits per heavy atom. The third-order valence-corrected chi connectivity index (χ3v) is 4.16. The highest BCUT2D eigenvalue weighted by molar-refractivity contribution is 4.92. The van der Waals surface area contributed by atoms with Crippen LogP contribution in [0, 0.1) is 23.7 Å². The first-order chi connectivity index (χ1) is 7.66. The summed E-state index contributed by atoms with van der Waals surface area (Å²) in [5.41, 5.74) is 0. The van der Waals surface area contributed by atoms with E-state index in [0.29, 0.717) is 0 Å². The second-order valence-corrected chi connectivity index (χ2v) is 5.91. The van der Waals surface area contributed by atoms with E-state index in [1.54, 1.807) is 0 Å². The standard InChI is InChI=1S/C16H30/c1-5-15-14(4)16(15)12-10-8-6-7-9-11-13(2)3/h9,11,13-16H,5-8,10,12H2,1-4H3. The van der Waals surface area contributed by atoms with Gasteiger partial charge in [0.15, 0.2) is 0 Å². The lowest BCUT2D eigenvalue weighted by Gasteiger charge is -1.99. The van der Waals surface area contributed by atoms with Crippen LogP contribution >= 0.6 is 0 Å². The molecule has 1 aliphatic rings. The zero-order valence-corrected chi connectivity index (χ0v) is 11.7. The van der Waals surface area contributed by atoms with Gasteiger partial charge in [0.2, 0.25) is 0 Å². The van der Waals surface area contributed by atoms with Crippen LogP contribution in [0.2, 0.25) is 0 Å². The fourth-order valence-corrected chi connectivity index (χ4v) is 2.98. The van der Waals surface area contributed by atoms with Crippen LogP contribution in [-0.2, 0) is 0 Å². The Morgan fingerprint density at radius 1 is 1.06 bits per heavy atom. The summed E-state index contributed by atoms with van der Waals surface area (Å²) in [6.45, 7) is 9.27. The maximum atomic E-state index is 2.43. The largest absolute Gasteiger partial charge is 0.0883 e. The lowest BCUT2D eigenvalue weighted by Crippen LogP contribution is -1.84. The molecule has 1 saturated carbocycles. The monoisotopic (exact) mass is 222 g/mol. The van der Waals surface area contributed by atoms with E-state index in [1.807, 2.05) is 0 Å². The number of allylic oxidation sites excluding steroid dienone is 2. The highest BCUT2D eigenvalue weighted by Gasteiger charge is 2.43. The fourth-order valence-electron chi connectivity index (χ4n) is 2.98. The van der Waals surface area contributed by atoms with Crippen molar-refractivity contribution >= 4 is 0 Å². The molecule has 0 saturated heterocycles.